The molecule has 0 saturated carbocycles. The molecule has 1 nitrogen and oxygen atoms in total. The number of epoxide rings is 1. The highest BCUT2D eigenvalue weighted by Crippen LogP contribution is 2.21. The van der Waals surface area contributed by atoms with Crippen LogP contribution in [-0.4, -0.2) is 19.9 Å². The van der Waals surface area contributed by atoms with Gasteiger partial charge < -0.3 is 4.74 Å². The van der Waals surface area contributed by atoms with E-state index in [0.29, 0.717) is 11.4 Å². The standard InChI is InChI=1S/C7H15BO/c1-7(2,3)5-8-6-4-9-6/h6,8H,4-5H2,1-3H3. The van der Waals surface area contributed by atoms with Crippen molar-refractivity contribution >= 4 is 7.28 Å². The van der Waals surface area contributed by atoms with Crippen LogP contribution in [0.3, 0.4) is 0 Å². The summed E-state index contributed by atoms with van der Waals surface area (Å²) in [6.07, 6.45) is 1.29. The highest BCUT2D eigenvalue weighted by Gasteiger charge is 2.25. The molecule has 0 radical (unpaired) electrons. The summed E-state index contributed by atoms with van der Waals surface area (Å²) in [4.78, 5) is 0. The maximum Gasteiger partial charge on any atom is 0.161 e. The van der Waals surface area contributed by atoms with Crippen LogP contribution in [0.4, 0.5) is 0 Å². The summed E-state index contributed by atoms with van der Waals surface area (Å²) in [5.41, 5.74) is 0.492. The lowest BCUT2D eigenvalue weighted by molar-refractivity contribution is 0.439. The summed E-state index contributed by atoms with van der Waals surface area (Å²) in [6, 6.07) is 0.615. The third kappa shape index (κ3) is 3.58. The molecule has 2 heteroatoms. The van der Waals surface area contributed by atoms with Gasteiger partial charge in [0.25, 0.3) is 0 Å². The first-order chi connectivity index (χ1) is 4.08. The molecular formula is C7H15BO. The summed E-state index contributed by atoms with van der Waals surface area (Å²) in [6.45, 7) is 7.83. The Morgan fingerprint density at radius 1 is 1.56 bits per heavy atom. The topological polar surface area (TPSA) is 12.5 Å². The smallest absolute Gasteiger partial charge is 0.161 e. The van der Waals surface area contributed by atoms with Crippen LogP contribution in [-0.2, 0) is 4.74 Å². The van der Waals surface area contributed by atoms with Gasteiger partial charge in [-0.25, -0.2) is 0 Å². The van der Waals surface area contributed by atoms with E-state index in [9.17, 15) is 0 Å². The molecule has 52 valence electrons. The van der Waals surface area contributed by atoms with E-state index in [0.717, 1.165) is 6.61 Å². The van der Waals surface area contributed by atoms with Gasteiger partial charge in [0.1, 0.15) is 0 Å². The lowest BCUT2D eigenvalue weighted by atomic mass is 9.62. The highest BCUT2D eigenvalue weighted by molar-refractivity contribution is 6.38. The fraction of sp³-hybridized carbons (Fsp3) is 1.00. The Hall–Kier alpha value is 0.0249. The number of ether oxygens (including phenoxy) is 1. The molecule has 9 heavy (non-hydrogen) atoms. The first-order valence-corrected chi connectivity index (χ1v) is 3.69. The Kier molecular flexibility index (Phi) is 1.85. The molecule has 0 aromatic heterocycles. The maximum absolute atomic E-state index is 5.10. The van der Waals surface area contributed by atoms with Crippen LogP contribution in [0.25, 0.3) is 0 Å². The van der Waals surface area contributed by atoms with E-state index in [4.69, 9.17) is 4.74 Å². The van der Waals surface area contributed by atoms with Gasteiger partial charge in [-0.2, -0.15) is 0 Å². The molecule has 0 amide bonds. The van der Waals surface area contributed by atoms with Crippen LogP contribution in [0, 0.1) is 5.41 Å². The minimum absolute atomic E-state index is 0.492. The number of hydrogen-bond donors (Lipinski definition) is 0. The molecule has 0 aromatic carbocycles. The van der Waals surface area contributed by atoms with Gasteiger partial charge in [-0.05, 0) is 5.41 Å². The number of rotatable bonds is 2. The predicted molar refractivity (Wildman–Crippen MR) is 41.2 cm³/mol. The van der Waals surface area contributed by atoms with E-state index in [1.807, 2.05) is 0 Å². The normalized spacial score (nSPS) is 25.9. The predicted octanol–water partition coefficient (Wildman–Crippen LogP) is 1.24. The van der Waals surface area contributed by atoms with Crippen molar-refractivity contribution in [2.24, 2.45) is 5.41 Å². The van der Waals surface area contributed by atoms with Crippen molar-refractivity contribution in [3.8, 4) is 0 Å². The summed E-state index contributed by atoms with van der Waals surface area (Å²) in [7, 11) is 1.25. The van der Waals surface area contributed by atoms with Gasteiger partial charge >= 0.3 is 0 Å². The SMILES string of the molecule is CC(C)(C)CBC1CO1. The van der Waals surface area contributed by atoms with Crippen molar-refractivity contribution in [3.05, 3.63) is 0 Å². The molecular weight excluding hydrogens is 111 g/mol. The van der Waals surface area contributed by atoms with E-state index in [2.05, 4.69) is 20.8 Å². The van der Waals surface area contributed by atoms with Crippen molar-refractivity contribution in [1.82, 2.24) is 0 Å². The molecule has 0 bridgehead atoms. The molecule has 1 atom stereocenters. The van der Waals surface area contributed by atoms with Crippen LogP contribution in [0.5, 0.6) is 0 Å². The van der Waals surface area contributed by atoms with E-state index in [-0.39, 0.29) is 0 Å². The maximum atomic E-state index is 5.10. The summed E-state index contributed by atoms with van der Waals surface area (Å²) in [5, 5.41) is 0. The molecule has 1 aliphatic heterocycles. The van der Waals surface area contributed by atoms with Gasteiger partial charge in [-0.3, -0.25) is 0 Å². The van der Waals surface area contributed by atoms with Gasteiger partial charge in [0.2, 0.25) is 0 Å². The summed E-state index contributed by atoms with van der Waals surface area (Å²) in [5.74, 6) is 0. The van der Waals surface area contributed by atoms with Gasteiger partial charge in [0.15, 0.2) is 7.28 Å². The van der Waals surface area contributed by atoms with Crippen LogP contribution in [0.15, 0.2) is 0 Å². The average molecular weight is 126 g/mol. The third-order valence-electron chi connectivity index (χ3n) is 1.62. The Morgan fingerprint density at radius 3 is 2.44 bits per heavy atom. The zero-order valence-corrected chi connectivity index (χ0v) is 6.61. The first kappa shape index (κ1) is 7.14. The van der Waals surface area contributed by atoms with Crippen molar-refractivity contribution in [3.63, 3.8) is 0 Å². The first-order valence-electron chi connectivity index (χ1n) is 3.69. The van der Waals surface area contributed by atoms with Crippen molar-refractivity contribution < 1.29 is 4.74 Å². The molecule has 1 rings (SSSR count). The van der Waals surface area contributed by atoms with E-state index >= 15 is 0 Å². The molecule has 1 unspecified atom stereocenters. The third-order valence-corrected chi connectivity index (χ3v) is 1.62. The summed E-state index contributed by atoms with van der Waals surface area (Å²) < 4.78 is 5.10. The molecule has 0 spiro atoms. The zero-order chi connectivity index (χ0) is 6.91. The van der Waals surface area contributed by atoms with Crippen LogP contribution >= 0.6 is 0 Å². The fourth-order valence-corrected chi connectivity index (χ4v) is 0.829. The minimum Gasteiger partial charge on any atom is -0.383 e. The average Bonchev–Trinajstić information content (AvgIpc) is 2.38. The van der Waals surface area contributed by atoms with E-state index in [1.54, 1.807) is 0 Å². The van der Waals surface area contributed by atoms with Gasteiger partial charge in [0.05, 0.1) is 12.6 Å². The second-order valence-electron chi connectivity index (χ2n) is 4.05. The fourth-order valence-electron chi connectivity index (χ4n) is 0.829. The molecule has 0 aromatic rings. The van der Waals surface area contributed by atoms with Crippen LogP contribution in [0.2, 0.25) is 6.32 Å². The van der Waals surface area contributed by atoms with Crippen LogP contribution < -0.4 is 0 Å². The Bertz CT molecular complexity index is 91.6. The van der Waals surface area contributed by atoms with E-state index < -0.39 is 0 Å². The molecule has 1 saturated heterocycles. The van der Waals surface area contributed by atoms with E-state index in [1.165, 1.54) is 13.6 Å². The molecule has 1 fully saturated rings. The van der Waals surface area contributed by atoms with Crippen molar-refractivity contribution in [1.29, 1.82) is 0 Å². The molecule has 0 aliphatic carbocycles. The Morgan fingerprint density at radius 2 is 2.11 bits per heavy atom. The lowest BCUT2D eigenvalue weighted by Gasteiger charge is -2.15. The Balaban J connectivity index is 2.03. The minimum atomic E-state index is 0.492. The van der Waals surface area contributed by atoms with Gasteiger partial charge in [-0.1, -0.05) is 27.1 Å². The highest BCUT2D eigenvalue weighted by atomic mass is 16.6. The molecule has 1 aliphatic rings. The second kappa shape index (κ2) is 2.33. The molecule has 0 N–H and O–H groups in total. The monoisotopic (exact) mass is 126 g/mol. The van der Waals surface area contributed by atoms with Gasteiger partial charge in [-0.15, -0.1) is 0 Å². The van der Waals surface area contributed by atoms with Gasteiger partial charge in [0, 0.05) is 0 Å². The Labute approximate surface area is 58.0 Å². The van der Waals surface area contributed by atoms with Crippen LogP contribution in [0.1, 0.15) is 20.8 Å². The quantitative estimate of drug-likeness (QED) is 0.400. The zero-order valence-electron chi connectivity index (χ0n) is 6.61. The van der Waals surface area contributed by atoms with Crippen molar-refractivity contribution in [2.75, 3.05) is 6.61 Å². The largest absolute Gasteiger partial charge is 0.383 e. The molecule has 1 heterocycles. The second-order valence-corrected chi connectivity index (χ2v) is 4.05. The van der Waals surface area contributed by atoms with Crippen molar-refractivity contribution in [2.45, 2.75) is 33.1 Å². The summed E-state index contributed by atoms with van der Waals surface area (Å²) >= 11 is 0. The lowest BCUT2D eigenvalue weighted by Crippen LogP contribution is -2.12. The number of hydrogen-bond acceptors (Lipinski definition) is 1.